The lowest BCUT2D eigenvalue weighted by Crippen LogP contribution is -2.57. The molecule has 108 valence electrons. The van der Waals surface area contributed by atoms with Gasteiger partial charge in [0.1, 0.15) is 5.41 Å². The number of hydrogen-bond donors (Lipinski definition) is 1. The summed E-state index contributed by atoms with van der Waals surface area (Å²) in [6.45, 7) is 4.88. The molecule has 1 N–H and O–H groups in total. The Hall–Kier alpha value is -1.04. The summed E-state index contributed by atoms with van der Waals surface area (Å²) in [6, 6.07) is 2.53. The number of nitrogens with zero attached hydrogens (tertiary/aromatic N) is 1. The molecule has 20 heavy (non-hydrogen) atoms. The molecule has 5 aliphatic rings. The molecule has 5 fully saturated rings. The summed E-state index contributed by atoms with van der Waals surface area (Å²) < 4.78 is 0. The summed E-state index contributed by atoms with van der Waals surface area (Å²) in [5, 5.41) is 13.0. The Morgan fingerprint density at radius 2 is 1.65 bits per heavy atom. The summed E-state index contributed by atoms with van der Waals surface area (Å²) >= 11 is 0. The van der Waals surface area contributed by atoms with Gasteiger partial charge in [-0.2, -0.15) is 5.26 Å². The van der Waals surface area contributed by atoms with Crippen LogP contribution in [0.2, 0.25) is 0 Å². The van der Waals surface area contributed by atoms with Crippen LogP contribution in [0.5, 0.6) is 0 Å². The second-order valence-electron chi connectivity index (χ2n) is 8.44. The van der Waals surface area contributed by atoms with Crippen LogP contribution in [0.3, 0.4) is 0 Å². The molecular formula is C17H24N2O. The topological polar surface area (TPSA) is 52.9 Å². The predicted molar refractivity (Wildman–Crippen MR) is 75.4 cm³/mol. The molecule has 1 atom stereocenters. The summed E-state index contributed by atoms with van der Waals surface area (Å²) in [4.78, 5) is 12.6. The minimum Gasteiger partial charge on any atom is -0.354 e. The maximum absolute atomic E-state index is 12.6. The van der Waals surface area contributed by atoms with Crippen LogP contribution in [0, 0.1) is 51.8 Å². The van der Waals surface area contributed by atoms with Crippen LogP contribution in [-0.2, 0) is 4.79 Å². The number of nitrogens with one attached hydrogen (secondary N) is 1. The van der Waals surface area contributed by atoms with Gasteiger partial charge in [-0.3, -0.25) is 4.79 Å². The Labute approximate surface area is 121 Å². The Balaban J connectivity index is 1.79. The highest BCUT2D eigenvalue weighted by Crippen LogP contribution is 2.64. The van der Waals surface area contributed by atoms with Gasteiger partial charge >= 0.3 is 0 Å². The minimum absolute atomic E-state index is 0.0162. The Morgan fingerprint density at radius 3 is 2.05 bits per heavy atom. The fourth-order valence-electron chi connectivity index (χ4n) is 6.40. The molecule has 0 spiro atoms. The first-order valence-corrected chi connectivity index (χ1v) is 8.17. The molecule has 3 nitrogen and oxygen atoms in total. The van der Waals surface area contributed by atoms with Gasteiger partial charge in [0.25, 0.3) is 0 Å². The molecular weight excluding hydrogens is 248 g/mol. The van der Waals surface area contributed by atoms with E-state index in [-0.39, 0.29) is 11.3 Å². The van der Waals surface area contributed by atoms with Gasteiger partial charge < -0.3 is 5.32 Å². The van der Waals surface area contributed by atoms with E-state index < -0.39 is 5.41 Å². The van der Waals surface area contributed by atoms with E-state index in [9.17, 15) is 10.1 Å². The molecule has 0 aromatic carbocycles. The third-order valence-corrected chi connectivity index (χ3v) is 7.02. The van der Waals surface area contributed by atoms with Crippen molar-refractivity contribution >= 4 is 5.91 Å². The highest BCUT2D eigenvalue weighted by Gasteiger charge is 2.66. The van der Waals surface area contributed by atoms with Crippen LogP contribution in [0.1, 0.15) is 46.0 Å². The summed E-state index contributed by atoms with van der Waals surface area (Å²) in [7, 11) is 0. The second kappa shape index (κ2) is 3.78. The lowest BCUT2D eigenvalue weighted by atomic mass is 9.43. The molecule has 1 unspecified atom stereocenters. The monoisotopic (exact) mass is 272 g/mol. The largest absolute Gasteiger partial charge is 0.354 e. The van der Waals surface area contributed by atoms with Crippen molar-refractivity contribution in [3.8, 4) is 6.07 Å². The zero-order valence-corrected chi connectivity index (χ0v) is 12.5. The average Bonchev–Trinajstić information content (AvgIpc) is 2.61. The Kier molecular flexibility index (Phi) is 2.40. The van der Waals surface area contributed by atoms with E-state index in [4.69, 9.17) is 0 Å². The predicted octanol–water partition coefficient (Wildman–Crippen LogP) is 2.72. The average molecular weight is 272 g/mol. The quantitative estimate of drug-likeness (QED) is 0.798. The van der Waals surface area contributed by atoms with Gasteiger partial charge in [-0.15, -0.1) is 0 Å². The fraction of sp³-hybridized carbons (Fsp3) is 0.882. The Morgan fingerprint density at radius 1 is 1.10 bits per heavy atom. The smallest absolute Gasteiger partial charge is 0.241 e. The number of rotatable bonds is 1. The van der Waals surface area contributed by atoms with Crippen LogP contribution < -0.4 is 5.32 Å². The zero-order chi connectivity index (χ0) is 14.1. The number of carbonyl (C=O) groups excluding carboxylic acids is 1. The third-order valence-electron chi connectivity index (χ3n) is 7.02. The zero-order valence-electron chi connectivity index (χ0n) is 12.5. The van der Waals surface area contributed by atoms with Crippen molar-refractivity contribution in [3.63, 3.8) is 0 Å². The van der Waals surface area contributed by atoms with Gasteiger partial charge in [-0.25, -0.2) is 0 Å². The summed E-state index contributed by atoms with van der Waals surface area (Å²) in [5.41, 5.74) is -1.02. The van der Waals surface area contributed by atoms with E-state index in [1.54, 1.807) is 0 Å². The minimum atomic E-state index is -0.782. The lowest BCUT2D eigenvalue weighted by molar-refractivity contribution is -0.145. The molecule has 5 rings (SSSR count). The first-order valence-electron chi connectivity index (χ1n) is 8.17. The standard InChI is InChI=1S/C17H24N2O/c1-16(2)9-19-15(20)17(16,8-18)14-12-4-10-3-11(6-12)7-13(14)5-10/h10-14H,3-7,9H2,1-2H3,(H,19,20). The van der Waals surface area contributed by atoms with E-state index >= 15 is 0 Å². The van der Waals surface area contributed by atoms with E-state index in [0.29, 0.717) is 24.3 Å². The maximum atomic E-state index is 12.6. The number of carbonyl (C=O) groups is 1. The Bertz CT molecular complexity index is 476. The molecule has 3 heteroatoms. The number of amides is 1. The van der Waals surface area contributed by atoms with Crippen LogP contribution in [0.4, 0.5) is 0 Å². The van der Waals surface area contributed by atoms with E-state index in [2.05, 4.69) is 25.2 Å². The number of nitriles is 1. The van der Waals surface area contributed by atoms with Crippen molar-refractivity contribution < 1.29 is 4.79 Å². The van der Waals surface area contributed by atoms with Gasteiger partial charge in [-0.1, -0.05) is 13.8 Å². The van der Waals surface area contributed by atoms with E-state index in [1.807, 2.05) is 0 Å². The first-order chi connectivity index (χ1) is 9.48. The van der Waals surface area contributed by atoms with Gasteiger partial charge in [-0.05, 0) is 61.7 Å². The molecule has 1 amide bonds. The normalized spacial score (nSPS) is 51.9. The molecule has 1 aliphatic heterocycles. The van der Waals surface area contributed by atoms with Crippen molar-refractivity contribution in [1.82, 2.24) is 5.32 Å². The van der Waals surface area contributed by atoms with Crippen molar-refractivity contribution in [2.24, 2.45) is 40.4 Å². The SMILES string of the molecule is CC1(C)CNC(=O)C1(C#N)C1C2CC3CC(C2)CC1C3. The van der Waals surface area contributed by atoms with Crippen molar-refractivity contribution in [3.05, 3.63) is 0 Å². The van der Waals surface area contributed by atoms with Gasteiger partial charge in [0.05, 0.1) is 6.07 Å². The van der Waals surface area contributed by atoms with Gasteiger partial charge in [0, 0.05) is 12.0 Å². The second-order valence-corrected chi connectivity index (χ2v) is 8.44. The van der Waals surface area contributed by atoms with Crippen molar-refractivity contribution in [2.45, 2.75) is 46.0 Å². The molecule has 1 saturated heterocycles. The highest BCUT2D eigenvalue weighted by molar-refractivity contribution is 5.89. The first kappa shape index (κ1) is 12.7. The lowest BCUT2D eigenvalue weighted by Gasteiger charge is -2.59. The summed E-state index contributed by atoms with van der Waals surface area (Å²) in [6.07, 6.45) is 6.48. The molecule has 4 aliphatic carbocycles. The molecule has 0 aromatic heterocycles. The van der Waals surface area contributed by atoms with Gasteiger partial charge in [0.2, 0.25) is 5.91 Å². The van der Waals surface area contributed by atoms with E-state index in [0.717, 1.165) is 11.8 Å². The van der Waals surface area contributed by atoms with E-state index in [1.165, 1.54) is 32.1 Å². The van der Waals surface area contributed by atoms with Crippen LogP contribution in [0.15, 0.2) is 0 Å². The fourth-order valence-corrected chi connectivity index (χ4v) is 6.40. The highest BCUT2D eigenvalue weighted by atomic mass is 16.2. The maximum Gasteiger partial charge on any atom is 0.241 e. The third kappa shape index (κ3) is 1.33. The van der Waals surface area contributed by atoms with Crippen molar-refractivity contribution in [1.29, 1.82) is 5.26 Å². The molecule has 4 saturated carbocycles. The molecule has 0 radical (unpaired) electrons. The van der Waals surface area contributed by atoms with Crippen molar-refractivity contribution in [2.75, 3.05) is 6.54 Å². The molecule has 4 bridgehead atoms. The van der Waals surface area contributed by atoms with Crippen LogP contribution >= 0.6 is 0 Å². The molecule has 0 aromatic rings. The summed E-state index contributed by atoms with van der Waals surface area (Å²) in [5.74, 6) is 3.33. The van der Waals surface area contributed by atoms with Crippen LogP contribution in [0.25, 0.3) is 0 Å². The van der Waals surface area contributed by atoms with Gasteiger partial charge in [0.15, 0.2) is 0 Å². The molecule has 1 heterocycles. The van der Waals surface area contributed by atoms with Crippen LogP contribution in [-0.4, -0.2) is 12.5 Å². The number of hydrogen-bond acceptors (Lipinski definition) is 2.